The van der Waals surface area contributed by atoms with Crippen LogP contribution in [0.5, 0.6) is 0 Å². The molecule has 1 fully saturated rings. The highest BCUT2D eigenvalue weighted by molar-refractivity contribution is 7.89. The predicted molar refractivity (Wildman–Crippen MR) is 107 cm³/mol. The second kappa shape index (κ2) is 8.58. The summed E-state index contributed by atoms with van der Waals surface area (Å²) in [5.41, 5.74) is 1.10. The van der Waals surface area contributed by atoms with Crippen LogP contribution in [-0.4, -0.2) is 48.4 Å². The van der Waals surface area contributed by atoms with Crippen molar-refractivity contribution in [3.05, 3.63) is 63.7 Å². The van der Waals surface area contributed by atoms with Gasteiger partial charge in [0.1, 0.15) is 4.90 Å². The van der Waals surface area contributed by atoms with Gasteiger partial charge < -0.3 is 10.4 Å². The van der Waals surface area contributed by atoms with E-state index in [9.17, 15) is 23.3 Å². The number of carbonyl (C=O) groups is 1. The Bertz CT molecular complexity index is 1010. The maximum atomic E-state index is 13.0. The van der Waals surface area contributed by atoms with Gasteiger partial charge in [-0.1, -0.05) is 12.1 Å². The highest BCUT2D eigenvalue weighted by atomic mass is 32.2. The van der Waals surface area contributed by atoms with Crippen LogP contribution in [0.25, 0.3) is 0 Å². The first-order valence-electron chi connectivity index (χ1n) is 9.14. The zero-order chi connectivity index (χ0) is 21.0. The molecule has 1 aliphatic rings. The largest absolute Gasteiger partial charge is 0.478 e. The molecular weight excluding hydrogens is 398 g/mol. The molecule has 0 unspecified atom stereocenters. The molecule has 2 N–H and O–H groups in total. The maximum Gasteiger partial charge on any atom is 0.335 e. The van der Waals surface area contributed by atoms with Gasteiger partial charge in [-0.05, 0) is 43.0 Å². The molecule has 0 saturated carbocycles. The summed E-state index contributed by atoms with van der Waals surface area (Å²) in [6.45, 7) is 1.19. The minimum atomic E-state index is -3.83. The van der Waals surface area contributed by atoms with Crippen molar-refractivity contribution in [3.63, 3.8) is 0 Å². The van der Waals surface area contributed by atoms with Gasteiger partial charge in [0.15, 0.2) is 0 Å². The number of sulfonamides is 1. The van der Waals surface area contributed by atoms with Crippen LogP contribution >= 0.6 is 0 Å². The number of nitrogens with one attached hydrogen (secondary N) is 1. The Balaban J connectivity index is 1.79. The first kappa shape index (κ1) is 20.7. The fourth-order valence-electron chi connectivity index (χ4n) is 3.21. The molecule has 1 heterocycles. The molecule has 1 aliphatic heterocycles. The van der Waals surface area contributed by atoms with Gasteiger partial charge in [0, 0.05) is 31.8 Å². The van der Waals surface area contributed by atoms with Crippen molar-refractivity contribution in [2.75, 3.05) is 25.0 Å². The third kappa shape index (κ3) is 4.72. The first-order valence-corrected chi connectivity index (χ1v) is 10.6. The van der Waals surface area contributed by atoms with Crippen molar-refractivity contribution in [1.82, 2.24) is 4.31 Å². The smallest absolute Gasteiger partial charge is 0.335 e. The zero-order valence-electron chi connectivity index (χ0n) is 15.6. The van der Waals surface area contributed by atoms with Crippen LogP contribution in [0.15, 0.2) is 47.4 Å². The maximum absolute atomic E-state index is 13.0. The van der Waals surface area contributed by atoms with Gasteiger partial charge in [-0.15, -0.1) is 0 Å². The Morgan fingerprint density at radius 3 is 2.38 bits per heavy atom. The van der Waals surface area contributed by atoms with Gasteiger partial charge in [0.2, 0.25) is 10.0 Å². The van der Waals surface area contributed by atoms with Crippen LogP contribution < -0.4 is 5.32 Å². The first-order chi connectivity index (χ1) is 13.8. The lowest BCUT2D eigenvalue weighted by Gasteiger charge is -2.18. The van der Waals surface area contributed by atoms with Crippen LogP contribution in [0, 0.1) is 10.1 Å². The molecule has 1 saturated heterocycles. The van der Waals surface area contributed by atoms with Crippen LogP contribution in [-0.2, 0) is 16.4 Å². The number of hydrogen-bond acceptors (Lipinski definition) is 6. The third-order valence-corrected chi connectivity index (χ3v) is 6.73. The highest BCUT2D eigenvalue weighted by Gasteiger charge is 2.30. The third-order valence-electron chi connectivity index (χ3n) is 4.79. The Morgan fingerprint density at radius 1 is 1.14 bits per heavy atom. The number of nitro benzene ring substituents is 1. The molecule has 154 valence electrons. The lowest BCUT2D eigenvalue weighted by atomic mass is 10.1. The lowest BCUT2D eigenvalue weighted by Crippen LogP contribution is -2.28. The standard InChI is InChI=1S/C19H21N3O6S/c23-19(24)15-5-3-14(4-6-15)9-10-20-17-8-7-16(22(25)26)13-18(17)29(27,28)21-11-1-2-12-21/h3-8,13,20H,1-2,9-12H2,(H,23,24). The molecule has 29 heavy (non-hydrogen) atoms. The van der Waals surface area contributed by atoms with E-state index in [0.29, 0.717) is 31.7 Å². The molecular formula is C19H21N3O6S. The van der Waals surface area contributed by atoms with E-state index in [1.807, 2.05) is 0 Å². The summed E-state index contributed by atoms with van der Waals surface area (Å²) in [5, 5.41) is 23.1. The van der Waals surface area contributed by atoms with Crippen LogP contribution in [0.2, 0.25) is 0 Å². The molecule has 0 bridgehead atoms. The van der Waals surface area contributed by atoms with Crippen molar-refractivity contribution in [2.45, 2.75) is 24.2 Å². The molecule has 10 heteroatoms. The number of benzene rings is 2. The number of nitro groups is 1. The number of non-ortho nitro benzene ring substituents is 1. The Kier molecular flexibility index (Phi) is 6.14. The number of carboxylic acids is 1. The summed E-state index contributed by atoms with van der Waals surface area (Å²) in [6, 6.07) is 10.2. The minimum absolute atomic E-state index is 0.102. The topological polar surface area (TPSA) is 130 Å². The van der Waals surface area contributed by atoms with Crippen molar-refractivity contribution < 1.29 is 23.2 Å². The van der Waals surface area contributed by atoms with Gasteiger partial charge in [0.05, 0.1) is 16.2 Å². The van der Waals surface area contributed by atoms with Gasteiger partial charge in [-0.3, -0.25) is 10.1 Å². The average molecular weight is 419 g/mol. The summed E-state index contributed by atoms with van der Waals surface area (Å²) < 4.78 is 27.3. The number of anilines is 1. The predicted octanol–water partition coefficient (Wildman–Crippen LogP) is 2.73. The summed E-state index contributed by atoms with van der Waals surface area (Å²) in [7, 11) is -3.83. The van der Waals surface area contributed by atoms with Gasteiger partial charge >= 0.3 is 5.97 Å². The fourth-order valence-corrected chi connectivity index (χ4v) is 4.91. The summed E-state index contributed by atoms with van der Waals surface area (Å²) in [6.07, 6.45) is 2.06. The van der Waals surface area contributed by atoms with E-state index in [-0.39, 0.29) is 16.1 Å². The van der Waals surface area contributed by atoms with Crippen molar-refractivity contribution in [2.24, 2.45) is 0 Å². The summed E-state index contributed by atoms with van der Waals surface area (Å²) in [4.78, 5) is 21.3. The second-order valence-electron chi connectivity index (χ2n) is 6.73. The molecule has 9 nitrogen and oxygen atoms in total. The van der Waals surface area contributed by atoms with Crippen LogP contribution in [0.3, 0.4) is 0 Å². The quantitative estimate of drug-likeness (QED) is 0.497. The van der Waals surface area contributed by atoms with E-state index in [0.717, 1.165) is 24.5 Å². The molecule has 2 aromatic carbocycles. The molecule has 2 aromatic rings. The lowest BCUT2D eigenvalue weighted by molar-refractivity contribution is -0.385. The number of nitrogens with zero attached hydrogens (tertiary/aromatic N) is 2. The van der Waals surface area contributed by atoms with E-state index >= 15 is 0 Å². The normalized spacial score (nSPS) is 14.6. The van der Waals surface area contributed by atoms with Crippen LogP contribution in [0.4, 0.5) is 11.4 Å². The number of carboxylic acid groups (broad SMARTS) is 1. The average Bonchev–Trinajstić information content (AvgIpc) is 3.24. The van der Waals surface area contributed by atoms with Crippen molar-refractivity contribution >= 4 is 27.4 Å². The number of hydrogen-bond donors (Lipinski definition) is 2. The van der Waals surface area contributed by atoms with Gasteiger partial charge in [0.25, 0.3) is 5.69 Å². The number of aromatic carboxylic acids is 1. The second-order valence-corrected chi connectivity index (χ2v) is 8.63. The highest BCUT2D eigenvalue weighted by Crippen LogP contribution is 2.30. The van der Waals surface area contributed by atoms with Crippen molar-refractivity contribution in [1.29, 1.82) is 0 Å². The molecule has 0 spiro atoms. The molecule has 3 rings (SSSR count). The van der Waals surface area contributed by atoms with E-state index in [2.05, 4.69) is 5.32 Å². The summed E-state index contributed by atoms with van der Waals surface area (Å²) in [5.74, 6) is -1.00. The van der Waals surface area contributed by atoms with Crippen LogP contribution in [0.1, 0.15) is 28.8 Å². The van der Waals surface area contributed by atoms with E-state index in [4.69, 9.17) is 5.11 Å². The van der Waals surface area contributed by atoms with E-state index in [1.165, 1.54) is 28.6 Å². The SMILES string of the molecule is O=C(O)c1ccc(CCNc2ccc([N+](=O)[O-])cc2S(=O)(=O)N2CCCC2)cc1. The van der Waals surface area contributed by atoms with Gasteiger partial charge in [-0.2, -0.15) is 4.31 Å². The Hall–Kier alpha value is -2.98. The molecule has 0 amide bonds. The van der Waals surface area contributed by atoms with Gasteiger partial charge in [-0.25, -0.2) is 13.2 Å². The summed E-state index contributed by atoms with van der Waals surface area (Å²) >= 11 is 0. The van der Waals surface area contributed by atoms with E-state index in [1.54, 1.807) is 12.1 Å². The van der Waals surface area contributed by atoms with Crippen molar-refractivity contribution in [3.8, 4) is 0 Å². The van der Waals surface area contributed by atoms with E-state index < -0.39 is 20.9 Å². The minimum Gasteiger partial charge on any atom is -0.478 e. The Labute approximate surface area is 168 Å². The molecule has 0 atom stereocenters. The Morgan fingerprint density at radius 2 is 1.79 bits per heavy atom. The number of rotatable bonds is 8. The fraction of sp³-hybridized carbons (Fsp3) is 0.316. The molecule has 0 aliphatic carbocycles. The zero-order valence-corrected chi connectivity index (χ0v) is 16.4. The molecule has 0 radical (unpaired) electrons. The molecule has 0 aromatic heterocycles. The monoisotopic (exact) mass is 419 g/mol.